The molecule has 3 nitrogen and oxygen atoms in total. The second-order valence-corrected chi connectivity index (χ2v) is 3.95. The number of aromatic amines is 1. The summed E-state index contributed by atoms with van der Waals surface area (Å²) in [5.74, 6) is 0. The van der Waals surface area contributed by atoms with Gasteiger partial charge in [-0.15, -0.1) is 0 Å². The molecule has 0 saturated carbocycles. The van der Waals surface area contributed by atoms with Gasteiger partial charge in [-0.1, -0.05) is 6.07 Å². The van der Waals surface area contributed by atoms with Gasteiger partial charge in [-0.2, -0.15) is 5.10 Å². The number of H-pyrrole nitrogens is 1. The summed E-state index contributed by atoms with van der Waals surface area (Å²) in [5, 5.41) is 7.52. The van der Waals surface area contributed by atoms with E-state index in [4.69, 9.17) is 0 Å². The lowest BCUT2D eigenvalue weighted by molar-refractivity contribution is 0.675. The van der Waals surface area contributed by atoms with Crippen molar-refractivity contribution < 1.29 is 0 Å². The highest BCUT2D eigenvalue weighted by atomic mass is 15.1. The van der Waals surface area contributed by atoms with Crippen LogP contribution in [0.5, 0.6) is 0 Å². The van der Waals surface area contributed by atoms with Gasteiger partial charge in [0.2, 0.25) is 0 Å². The van der Waals surface area contributed by atoms with Gasteiger partial charge in [-0.25, -0.2) is 0 Å². The predicted molar refractivity (Wildman–Crippen MR) is 58.5 cm³/mol. The zero-order valence-electron chi connectivity index (χ0n) is 8.53. The van der Waals surface area contributed by atoms with Crippen LogP contribution in [0, 0.1) is 0 Å². The molecule has 0 bridgehead atoms. The van der Waals surface area contributed by atoms with E-state index >= 15 is 0 Å². The van der Waals surface area contributed by atoms with Gasteiger partial charge in [0.15, 0.2) is 0 Å². The van der Waals surface area contributed by atoms with E-state index in [2.05, 4.69) is 15.2 Å². The number of nitrogens with zero attached hydrogens (tertiary/aromatic N) is 2. The average Bonchev–Trinajstić information content (AvgIpc) is 2.74. The van der Waals surface area contributed by atoms with E-state index in [1.165, 1.54) is 24.1 Å². The molecule has 1 N–H and O–H groups in total. The Kier molecular flexibility index (Phi) is 2.02. The van der Waals surface area contributed by atoms with Gasteiger partial charge in [0.25, 0.3) is 0 Å². The molecule has 0 atom stereocenters. The van der Waals surface area contributed by atoms with Crippen molar-refractivity contribution in [2.75, 3.05) is 0 Å². The van der Waals surface area contributed by atoms with Gasteiger partial charge in [0, 0.05) is 17.5 Å². The van der Waals surface area contributed by atoms with Crippen molar-refractivity contribution in [3.63, 3.8) is 0 Å². The lowest BCUT2D eigenvalue weighted by Gasteiger charge is -2.10. The molecule has 0 spiro atoms. The van der Waals surface area contributed by atoms with Crippen LogP contribution in [-0.2, 0) is 12.8 Å². The first-order chi connectivity index (χ1) is 7.45. The summed E-state index contributed by atoms with van der Waals surface area (Å²) < 4.78 is 0. The maximum absolute atomic E-state index is 4.38. The number of rotatable bonds is 1. The number of nitrogens with one attached hydrogen (secondary N) is 1. The Morgan fingerprint density at radius 2 is 2.07 bits per heavy atom. The molecule has 2 aromatic heterocycles. The number of fused-ring (bicyclic) bond motifs is 1. The van der Waals surface area contributed by atoms with Crippen molar-refractivity contribution in [3.8, 4) is 11.4 Å². The zero-order valence-corrected chi connectivity index (χ0v) is 8.53. The molecule has 3 rings (SSSR count). The van der Waals surface area contributed by atoms with Crippen molar-refractivity contribution in [2.45, 2.75) is 25.7 Å². The van der Waals surface area contributed by atoms with E-state index < -0.39 is 0 Å². The Morgan fingerprint density at radius 3 is 2.93 bits per heavy atom. The van der Waals surface area contributed by atoms with Crippen LogP contribution >= 0.6 is 0 Å². The fraction of sp³-hybridized carbons (Fsp3) is 0.333. The molecule has 0 amide bonds. The third kappa shape index (κ3) is 1.44. The van der Waals surface area contributed by atoms with Crippen molar-refractivity contribution in [1.29, 1.82) is 0 Å². The lowest BCUT2D eigenvalue weighted by Crippen LogP contribution is -2.01. The van der Waals surface area contributed by atoms with Crippen LogP contribution in [0.1, 0.15) is 24.1 Å². The molecule has 15 heavy (non-hydrogen) atoms. The summed E-state index contributed by atoms with van der Waals surface area (Å²) in [6.07, 6.45) is 6.63. The van der Waals surface area contributed by atoms with Crippen LogP contribution in [0.15, 0.2) is 24.4 Å². The maximum atomic E-state index is 4.38. The van der Waals surface area contributed by atoms with Crippen molar-refractivity contribution in [2.24, 2.45) is 0 Å². The smallest absolute Gasteiger partial charge is 0.114 e. The number of aromatic nitrogens is 3. The summed E-state index contributed by atoms with van der Waals surface area (Å²) in [5.41, 5.74) is 4.71. The molecule has 1 aliphatic rings. The Balaban J connectivity index is 2.09. The number of aryl methyl sites for hydroxylation is 1. The van der Waals surface area contributed by atoms with Crippen LogP contribution < -0.4 is 0 Å². The summed E-state index contributed by atoms with van der Waals surface area (Å²) in [4.78, 5) is 4.35. The van der Waals surface area contributed by atoms with Crippen LogP contribution in [0.2, 0.25) is 0 Å². The molecule has 2 aromatic rings. The molecular formula is C12H13N3. The van der Waals surface area contributed by atoms with Crippen molar-refractivity contribution in [1.82, 2.24) is 15.2 Å². The normalized spacial score (nSPS) is 14.9. The Morgan fingerprint density at radius 1 is 1.13 bits per heavy atom. The Labute approximate surface area is 88.6 Å². The van der Waals surface area contributed by atoms with Gasteiger partial charge in [-0.05, 0) is 37.8 Å². The first kappa shape index (κ1) is 8.65. The number of hydrogen-bond donors (Lipinski definition) is 1. The van der Waals surface area contributed by atoms with Crippen LogP contribution in [-0.4, -0.2) is 15.2 Å². The minimum Gasteiger partial charge on any atom is -0.282 e. The summed E-state index contributed by atoms with van der Waals surface area (Å²) in [6.45, 7) is 0. The highest BCUT2D eigenvalue weighted by Crippen LogP contribution is 2.27. The molecule has 1 aliphatic carbocycles. The molecule has 3 heteroatoms. The van der Waals surface area contributed by atoms with Crippen molar-refractivity contribution >= 4 is 0 Å². The number of pyridine rings is 1. The van der Waals surface area contributed by atoms with Crippen LogP contribution in [0.4, 0.5) is 0 Å². The zero-order chi connectivity index (χ0) is 10.1. The molecule has 0 saturated heterocycles. The molecule has 0 fully saturated rings. The van der Waals surface area contributed by atoms with Crippen LogP contribution in [0.3, 0.4) is 0 Å². The maximum Gasteiger partial charge on any atom is 0.114 e. The lowest BCUT2D eigenvalue weighted by atomic mass is 9.95. The molecule has 0 aromatic carbocycles. The van der Waals surface area contributed by atoms with E-state index in [0.717, 1.165) is 24.2 Å². The molecular weight excluding hydrogens is 186 g/mol. The van der Waals surface area contributed by atoms with Gasteiger partial charge in [0.1, 0.15) is 5.69 Å². The van der Waals surface area contributed by atoms with Gasteiger partial charge >= 0.3 is 0 Å². The van der Waals surface area contributed by atoms with Gasteiger partial charge in [-0.3, -0.25) is 10.1 Å². The predicted octanol–water partition coefficient (Wildman–Crippen LogP) is 2.35. The minimum atomic E-state index is 0.983. The van der Waals surface area contributed by atoms with Gasteiger partial charge in [0.05, 0.1) is 5.69 Å². The number of hydrogen-bond acceptors (Lipinski definition) is 2. The molecule has 0 radical (unpaired) electrons. The third-order valence-corrected chi connectivity index (χ3v) is 2.96. The first-order valence-corrected chi connectivity index (χ1v) is 5.42. The topological polar surface area (TPSA) is 41.6 Å². The molecule has 0 aliphatic heterocycles. The van der Waals surface area contributed by atoms with E-state index in [1.54, 1.807) is 0 Å². The van der Waals surface area contributed by atoms with E-state index in [0.29, 0.717) is 0 Å². The third-order valence-electron chi connectivity index (χ3n) is 2.96. The highest BCUT2D eigenvalue weighted by molar-refractivity contribution is 5.60. The monoisotopic (exact) mass is 199 g/mol. The molecule has 0 unspecified atom stereocenters. The second kappa shape index (κ2) is 3.50. The van der Waals surface area contributed by atoms with Gasteiger partial charge < -0.3 is 0 Å². The average molecular weight is 199 g/mol. The summed E-state index contributed by atoms with van der Waals surface area (Å²) >= 11 is 0. The summed E-state index contributed by atoms with van der Waals surface area (Å²) in [6, 6.07) is 5.96. The quantitative estimate of drug-likeness (QED) is 0.766. The molecule has 2 heterocycles. The van der Waals surface area contributed by atoms with Crippen LogP contribution in [0.25, 0.3) is 11.4 Å². The fourth-order valence-corrected chi connectivity index (χ4v) is 2.20. The standard InChI is InChI=1S/C12H13N3/c1-2-6-10-9(5-1)12(15-14-10)11-7-3-4-8-13-11/h3-4,7-8H,1-2,5-6H2,(H,14,15). The van der Waals surface area contributed by atoms with E-state index in [9.17, 15) is 0 Å². The largest absolute Gasteiger partial charge is 0.282 e. The summed E-state index contributed by atoms with van der Waals surface area (Å²) in [7, 11) is 0. The Bertz CT molecular complexity index is 459. The molecule has 76 valence electrons. The fourth-order valence-electron chi connectivity index (χ4n) is 2.20. The van der Waals surface area contributed by atoms with E-state index in [1.807, 2.05) is 24.4 Å². The minimum absolute atomic E-state index is 0.983. The highest BCUT2D eigenvalue weighted by Gasteiger charge is 2.17. The first-order valence-electron chi connectivity index (χ1n) is 5.42. The Hall–Kier alpha value is -1.64. The van der Waals surface area contributed by atoms with E-state index in [-0.39, 0.29) is 0 Å². The second-order valence-electron chi connectivity index (χ2n) is 3.95. The SMILES string of the molecule is c1ccc(-c2n[nH]c3c2CCCC3)nc1. The van der Waals surface area contributed by atoms with Crippen molar-refractivity contribution in [3.05, 3.63) is 35.7 Å².